The van der Waals surface area contributed by atoms with Crippen molar-refractivity contribution in [3.05, 3.63) is 28.8 Å². The number of carbonyl (C=O) groups excluding carboxylic acids is 2. The number of nitrogens with two attached hydrogens (primary N) is 1. The molecule has 0 unspecified atom stereocenters. The van der Waals surface area contributed by atoms with E-state index in [-0.39, 0.29) is 11.8 Å². The van der Waals surface area contributed by atoms with Crippen LogP contribution >= 0.6 is 11.6 Å². The second kappa shape index (κ2) is 7.43. The monoisotopic (exact) mass is 309 g/mol. The smallest absolute Gasteiger partial charge is 0.256 e. The van der Waals surface area contributed by atoms with Gasteiger partial charge in [-0.3, -0.25) is 9.59 Å². The summed E-state index contributed by atoms with van der Waals surface area (Å²) in [6.07, 6.45) is 3.00. The lowest BCUT2D eigenvalue weighted by atomic mass is 10.1. The van der Waals surface area contributed by atoms with Gasteiger partial charge in [0.2, 0.25) is 5.91 Å². The Morgan fingerprint density at radius 1 is 1.29 bits per heavy atom. The van der Waals surface area contributed by atoms with Crippen molar-refractivity contribution in [3.63, 3.8) is 0 Å². The molecule has 21 heavy (non-hydrogen) atoms. The van der Waals surface area contributed by atoms with Crippen molar-refractivity contribution in [2.75, 3.05) is 25.0 Å². The first-order chi connectivity index (χ1) is 10.1. The number of likely N-dealkylation sites (tertiary alicyclic amines) is 1. The van der Waals surface area contributed by atoms with E-state index in [4.69, 9.17) is 17.3 Å². The van der Waals surface area contributed by atoms with Crippen LogP contribution in [0.4, 0.5) is 5.69 Å². The fourth-order valence-corrected chi connectivity index (χ4v) is 2.54. The van der Waals surface area contributed by atoms with Crippen LogP contribution in [-0.2, 0) is 4.79 Å². The maximum atomic E-state index is 12.5. The summed E-state index contributed by atoms with van der Waals surface area (Å²) in [6.45, 7) is 1.98. The lowest BCUT2D eigenvalue weighted by Gasteiger charge is -2.18. The van der Waals surface area contributed by atoms with Gasteiger partial charge < -0.3 is 16.0 Å². The highest BCUT2D eigenvalue weighted by Gasteiger charge is 2.22. The van der Waals surface area contributed by atoms with E-state index >= 15 is 0 Å². The summed E-state index contributed by atoms with van der Waals surface area (Å²) in [5.74, 6) is -0.220. The fourth-order valence-electron chi connectivity index (χ4n) is 2.37. The molecule has 1 aliphatic heterocycles. The maximum absolute atomic E-state index is 12.5. The molecule has 3 N–H and O–H groups in total. The van der Waals surface area contributed by atoms with Crippen molar-refractivity contribution in [1.82, 2.24) is 4.90 Å². The Bertz CT molecular complexity index is 528. The van der Waals surface area contributed by atoms with Crippen molar-refractivity contribution in [2.45, 2.75) is 25.7 Å². The fraction of sp³-hybridized carbons (Fsp3) is 0.467. The van der Waals surface area contributed by atoms with E-state index in [2.05, 4.69) is 5.32 Å². The first-order valence-corrected chi connectivity index (χ1v) is 7.58. The molecule has 0 spiro atoms. The molecular weight excluding hydrogens is 290 g/mol. The maximum Gasteiger partial charge on any atom is 0.256 e. The van der Waals surface area contributed by atoms with E-state index in [0.29, 0.717) is 35.7 Å². The first-order valence-electron chi connectivity index (χ1n) is 7.20. The molecule has 0 bridgehead atoms. The SMILES string of the molecule is NCCCC(=O)Nc1ccc(Cl)cc1C(=O)N1CCCC1. The molecule has 0 aromatic heterocycles. The van der Waals surface area contributed by atoms with Gasteiger partial charge in [0.1, 0.15) is 0 Å². The third-order valence-corrected chi connectivity index (χ3v) is 3.72. The average Bonchev–Trinajstić information content (AvgIpc) is 3.00. The summed E-state index contributed by atoms with van der Waals surface area (Å²) in [4.78, 5) is 26.1. The molecule has 0 aliphatic carbocycles. The van der Waals surface area contributed by atoms with E-state index in [0.717, 1.165) is 25.9 Å². The molecule has 1 aromatic carbocycles. The number of anilines is 1. The van der Waals surface area contributed by atoms with Gasteiger partial charge >= 0.3 is 0 Å². The van der Waals surface area contributed by atoms with Gasteiger partial charge in [-0.05, 0) is 44.0 Å². The van der Waals surface area contributed by atoms with Crippen molar-refractivity contribution in [3.8, 4) is 0 Å². The number of hydrogen-bond donors (Lipinski definition) is 2. The molecule has 0 saturated carbocycles. The standard InChI is InChI=1S/C15H20ClN3O2/c16-11-5-6-13(18-14(20)4-3-7-17)12(10-11)15(21)19-8-1-2-9-19/h5-6,10H,1-4,7-9,17H2,(H,18,20). The second-order valence-corrected chi connectivity index (χ2v) is 5.57. The Hall–Kier alpha value is -1.59. The number of hydrogen-bond acceptors (Lipinski definition) is 3. The largest absolute Gasteiger partial charge is 0.339 e. The second-order valence-electron chi connectivity index (χ2n) is 5.13. The molecule has 1 saturated heterocycles. The summed E-state index contributed by atoms with van der Waals surface area (Å²) in [6, 6.07) is 4.95. The zero-order chi connectivity index (χ0) is 15.2. The quantitative estimate of drug-likeness (QED) is 0.876. The van der Waals surface area contributed by atoms with Gasteiger partial charge in [0, 0.05) is 24.5 Å². The van der Waals surface area contributed by atoms with Crippen LogP contribution in [0.25, 0.3) is 0 Å². The van der Waals surface area contributed by atoms with Crippen LogP contribution in [0.2, 0.25) is 5.02 Å². The van der Waals surface area contributed by atoms with Crippen molar-refractivity contribution in [1.29, 1.82) is 0 Å². The van der Waals surface area contributed by atoms with Crippen molar-refractivity contribution in [2.24, 2.45) is 5.73 Å². The lowest BCUT2D eigenvalue weighted by Crippen LogP contribution is -2.29. The molecule has 1 aliphatic rings. The molecule has 5 nitrogen and oxygen atoms in total. The molecule has 114 valence electrons. The molecule has 1 aromatic rings. The minimum Gasteiger partial charge on any atom is -0.339 e. The number of amides is 2. The van der Waals surface area contributed by atoms with E-state index in [1.54, 1.807) is 23.1 Å². The summed E-state index contributed by atoms with van der Waals surface area (Å²) in [5, 5.41) is 3.26. The highest BCUT2D eigenvalue weighted by Crippen LogP contribution is 2.24. The van der Waals surface area contributed by atoms with Crippen LogP contribution in [0.1, 0.15) is 36.0 Å². The number of nitrogens with zero attached hydrogens (tertiary/aromatic N) is 1. The van der Waals surface area contributed by atoms with Crippen LogP contribution in [0, 0.1) is 0 Å². The minimum absolute atomic E-state index is 0.0795. The Labute approximate surface area is 129 Å². The molecular formula is C15H20ClN3O2. The number of benzene rings is 1. The van der Waals surface area contributed by atoms with Gasteiger partial charge in [-0.25, -0.2) is 0 Å². The number of carbonyl (C=O) groups is 2. The van der Waals surface area contributed by atoms with Crippen LogP contribution < -0.4 is 11.1 Å². The summed E-state index contributed by atoms with van der Waals surface area (Å²) < 4.78 is 0. The zero-order valence-corrected chi connectivity index (χ0v) is 12.7. The van der Waals surface area contributed by atoms with Crippen LogP contribution in [-0.4, -0.2) is 36.3 Å². The number of halogens is 1. The van der Waals surface area contributed by atoms with Gasteiger partial charge in [0.25, 0.3) is 5.91 Å². The number of rotatable bonds is 5. The topological polar surface area (TPSA) is 75.4 Å². The van der Waals surface area contributed by atoms with Crippen molar-refractivity contribution >= 4 is 29.1 Å². The third-order valence-electron chi connectivity index (χ3n) is 3.49. The molecule has 2 rings (SSSR count). The molecule has 1 fully saturated rings. The van der Waals surface area contributed by atoms with Gasteiger partial charge in [-0.2, -0.15) is 0 Å². The van der Waals surface area contributed by atoms with Gasteiger partial charge in [0.15, 0.2) is 0 Å². The summed E-state index contributed by atoms with van der Waals surface area (Å²) in [7, 11) is 0. The van der Waals surface area contributed by atoms with E-state index in [9.17, 15) is 9.59 Å². The van der Waals surface area contributed by atoms with E-state index in [1.165, 1.54) is 0 Å². The van der Waals surface area contributed by atoms with Gasteiger partial charge in [-0.1, -0.05) is 11.6 Å². The molecule has 0 radical (unpaired) electrons. The van der Waals surface area contributed by atoms with E-state index < -0.39 is 0 Å². The summed E-state index contributed by atoms with van der Waals surface area (Å²) >= 11 is 5.99. The van der Waals surface area contributed by atoms with Crippen molar-refractivity contribution < 1.29 is 9.59 Å². The van der Waals surface area contributed by atoms with Crippen LogP contribution in [0.3, 0.4) is 0 Å². The molecule has 2 amide bonds. The Morgan fingerprint density at radius 2 is 2.00 bits per heavy atom. The highest BCUT2D eigenvalue weighted by atomic mass is 35.5. The predicted molar refractivity (Wildman–Crippen MR) is 83.5 cm³/mol. The molecule has 0 atom stereocenters. The Balaban J connectivity index is 2.16. The number of nitrogens with one attached hydrogen (secondary N) is 1. The molecule has 1 heterocycles. The predicted octanol–water partition coefficient (Wildman–Crippen LogP) is 2.25. The highest BCUT2D eigenvalue weighted by molar-refractivity contribution is 6.31. The first kappa shape index (κ1) is 15.8. The lowest BCUT2D eigenvalue weighted by molar-refractivity contribution is -0.116. The van der Waals surface area contributed by atoms with Crippen LogP contribution in [0.15, 0.2) is 18.2 Å². The normalized spacial score (nSPS) is 14.3. The van der Waals surface area contributed by atoms with Crippen LogP contribution in [0.5, 0.6) is 0 Å². The molecule has 6 heteroatoms. The zero-order valence-electron chi connectivity index (χ0n) is 11.9. The van der Waals surface area contributed by atoms with Gasteiger partial charge in [-0.15, -0.1) is 0 Å². The Kier molecular flexibility index (Phi) is 5.59. The van der Waals surface area contributed by atoms with Gasteiger partial charge in [0.05, 0.1) is 11.3 Å². The Morgan fingerprint density at radius 3 is 2.67 bits per heavy atom. The van der Waals surface area contributed by atoms with E-state index in [1.807, 2.05) is 0 Å². The summed E-state index contributed by atoms with van der Waals surface area (Å²) in [5.41, 5.74) is 6.35. The average molecular weight is 310 g/mol. The minimum atomic E-state index is -0.141. The third kappa shape index (κ3) is 4.19.